The lowest BCUT2D eigenvalue weighted by Gasteiger charge is -2.14. The minimum atomic E-state index is 0.406. The average Bonchev–Trinajstić information content (AvgIpc) is 2.21. The number of ether oxygens (including phenoxy) is 1. The molecule has 0 amide bonds. The Balaban J connectivity index is 2.87. The van der Waals surface area contributed by atoms with E-state index in [9.17, 15) is 0 Å². The van der Waals surface area contributed by atoms with Crippen LogP contribution < -0.4 is 4.74 Å². The van der Waals surface area contributed by atoms with Crippen molar-refractivity contribution in [1.29, 1.82) is 0 Å². The van der Waals surface area contributed by atoms with E-state index in [1.807, 2.05) is 19.1 Å². The second-order valence-corrected chi connectivity index (χ2v) is 4.97. The molecule has 16 heavy (non-hydrogen) atoms. The Bertz CT molecular complexity index is 348. The lowest BCUT2D eigenvalue weighted by Crippen LogP contribution is -2.01. The van der Waals surface area contributed by atoms with Crippen molar-refractivity contribution in [3.05, 3.63) is 28.3 Å². The Morgan fingerprint density at radius 2 is 2.00 bits per heavy atom. The maximum Gasteiger partial charge on any atom is 0.122 e. The molecule has 90 valence electrons. The highest BCUT2D eigenvalue weighted by Crippen LogP contribution is 2.31. The quantitative estimate of drug-likeness (QED) is 0.547. The second kappa shape index (κ2) is 6.36. The summed E-state index contributed by atoms with van der Waals surface area (Å²) < 4.78 is 5.68. The second-order valence-electron chi connectivity index (χ2n) is 4.18. The Labute approximate surface area is 108 Å². The number of rotatable bonds is 5. The van der Waals surface area contributed by atoms with Crippen LogP contribution in [0.5, 0.6) is 5.75 Å². The Morgan fingerprint density at radius 1 is 1.31 bits per heavy atom. The van der Waals surface area contributed by atoms with Gasteiger partial charge in [0.05, 0.1) is 6.61 Å². The smallest absolute Gasteiger partial charge is 0.122 e. The highest BCUT2D eigenvalue weighted by molar-refractivity contribution is 6.31. The molecule has 0 aliphatic rings. The zero-order valence-corrected chi connectivity index (χ0v) is 11.5. The van der Waals surface area contributed by atoms with Crippen molar-refractivity contribution in [1.82, 2.24) is 0 Å². The van der Waals surface area contributed by atoms with Gasteiger partial charge in [0.25, 0.3) is 0 Å². The summed E-state index contributed by atoms with van der Waals surface area (Å²) in [7, 11) is 0. The van der Waals surface area contributed by atoms with E-state index >= 15 is 0 Å². The van der Waals surface area contributed by atoms with Crippen molar-refractivity contribution in [3.63, 3.8) is 0 Å². The summed E-state index contributed by atoms with van der Waals surface area (Å²) in [6, 6.07) is 4.00. The van der Waals surface area contributed by atoms with Crippen LogP contribution in [0.2, 0.25) is 5.02 Å². The largest absolute Gasteiger partial charge is 0.493 e. The van der Waals surface area contributed by atoms with Crippen molar-refractivity contribution < 1.29 is 4.74 Å². The van der Waals surface area contributed by atoms with Crippen LogP contribution in [-0.4, -0.2) is 12.5 Å². The number of hydrogen-bond acceptors (Lipinski definition) is 1. The minimum absolute atomic E-state index is 0.406. The molecule has 0 radical (unpaired) electrons. The van der Waals surface area contributed by atoms with E-state index in [0.29, 0.717) is 18.4 Å². The van der Waals surface area contributed by atoms with Gasteiger partial charge in [-0.1, -0.05) is 25.4 Å². The Morgan fingerprint density at radius 3 is 2.56 bits per heavy atom. The predicted molar refractivity (Wildman–Crippen MR) is 71.1 cm³/mol. The van der Waals surface area contributed by atoms with Gasteiger partial charge in [0.15, 0.2) is 0 Å². The SMILES string of the molecule is Cc1cc(Cl)c(C(C)C)cc1OCCCCl. The van der Waals surface area contributed by atoms with Crippen molar-refractivity contribution in [2.45, 2.75) is 33.1 Å². The summed E-state index contributed by atoms with van der Waals surface area (Å²) in [6.07, 6.45) is 0.862. The predicted octanol–water partition coefficient (Wildman–Crippen LogP) is 4.78. The molecule has 0 bridgehead atoms. The third-order valence-corrected chi connectivity index (χ3v) is 3.05. The molecule has 0 unspecified atom stereocenters. The van der Waals surface area contributed by atoms with Crippen LogP contribution in [0.15, 0.2) is 12.1 Å². The molecule has 1 aromatic rings. The van der Waals surface area contributed by atoms with Gasteiger partial charge in [0.2, 0.25) is 0 Å². The Hall–Kier alpha value is -0.400. The fourth-order valence-electron chi connectivity index (χ4n) is 1.50. The summed E-state index contributed by atoms with van der Waals surface area (Å²) in [5, 5.41) is 0.817. The first-order valence-electron chi connectivity index (χ1n) is 5.55. The molecule has 0 saturated heterocycles. The molecule has 1 nitrogen and oxygen atoms in total. The van der Waals surface area contributed by atoms with Crippen LogP contribution in [0.3, 0.4) is 0 Å². The van der Waals surface area contributed by atoms with Crippen LogP contribution >= 0.6 is 23.2 Å². The molecule has 0 saturated carbocycles. The van der Waals surface area contributed by atoms with Gasteiger partial charge in [-0.15, -0.1) is 11.6 Å². The summed E-state index contributed by atoms with van der Waals surface area (Å²) >= 11 is 11.8. The molecule has 0 aliphatic carbocycles. The fourth-order valence-corrected chi connectivity index (χ4v) is 2.05. The van der Waals surface area contributed by atoms with Crippen molar-refractivity contribution in [3.8, 4) is 5.75 Å². The van der Waals surface area contributed by atoms with Gasteiger partial charge in [0.1, 0.15) is 5.75 Å². The number of aryl methyl sites for hydroxylation is 1. The Kier molecular flexibility index (Phi) is 5.43. The molecule has 3 heteroatoms. The van der Waals surface area contributed by atoms with E-state index < -0.39 is 0 Å². The summed E-state index contributed by atoms with van der Waals surface area (Å²) in [4.78, 5) is 0. The van der Waals surface area contributed by atoms with Crippen LogP contribution in [0.1, 0.15) is 37.3 Å². The highest BCUT2D eigenvalue weighted by atomic mass is 35.5. The van der Waals surface area contributed by atoms with Gasteiger partial charge in [-0.25, -0.2) is 0 Å². The molecule has 1 rings (SSSR count). The molecule has 0 spiro atoms. The topological polar surface area (TPSA) is 9.23 Å². The van der Waals surface area contributed by atoms with Gasteiger partial charge >= 0.3 is 0 Å². The normalized spacial score (nSPS) is 10.9. The zero-order chi connectivity index (χ0) is 12.1. The first-order chi connectivity index (χ1) is 7.56. The minimum Gasteiger partial charge on any atom is -0.493 e. The van der Waals surface area contributed by atoms with Gasteiger partial charge < -0.3 is 4.74 Å². The number of alkyl halides is 1. The van der Waals surface area contributed by atoms with Gasteiger partial charge in [-0.05, 0) is 42.5 Å². The maximum absolute atomic E-state index is 6.18. The molecule has 0 heterocycles. The van der Waals surface area contributed by atoms with Gasteiger partial charge in [-0.3, -0.25) is 0 Å². The van der Waals surface area contributed by atoms with Crippen molar-refractivity contribution in [2.24, 2.45) is 0 Å². The van der Waals surface area contributed by atoms with E-state index in [4.69, 9.17) is 27.9 Å². The summed E-state index contributed by atoms with van der Waals surface area (Å²) in [5.41, 5.74) is 2.21. The third-order valence-electron chi connectivity index (χ3n) is 2.45. The monoisotopic (exact) mass is 260 g/mol. The lowest BCUT2D eigenvalue weighted by atomic mass is 10.0. The van der Waals surface area contributed by atoms with E-state index in [2.05, 4.69) is 13.8 Å². The molecular formula is C13H18Cl2O. The van der Waals surface area contributed by atoms with E-state index in [-0.39, 0.29) is 0 Å². The lowest BCUT2D eigenvalue weighted by molar-refractivity contribution is 0.316. The average molecular weight is 261 g/mol. The maximum atomic E-state index is 6.18. The fraction of sp³-hybridized carbons (Fsp3) is 0.538. The first kappa shape index (κ1) is 13.7. The van der Waals surface area contributed by atoms with Crippen molar-refractivity contribution >= 4 is 23.2 Å². The van der Waals surface area contributed by atoms with E-state index in [1.165, 1.54) is 0 Å². The molecular weight excluding hydrogens is 243 g/mol. The van der Waals surface area contributed by atoms with Crippen LogP contribution in [0, 0.1) is 6.92 Å². The molecule has 0 aromatic heterocycles. The zero-order valence-electron chi connectivity index (χ0n) is 10.0. The van der Waals surface area contributed by atoms with Gasteiger partial charge in [0, 0.05) is 10.9 Å². The van der Waals surface area contributed by atoms with Crippen LogP contribution in [0.25, 0.3) is 0 Å². The summed E-state index contributed by atoms with van der Waals surface area (Å²) in [5.74, 6) is 1.95. The number of benzene rings is 1. The molecule has 1 aromatic carbocycles. The molecule has 0 N–H and O–H groups in total. The highest BCUT2D eigenvalue weighted by Gasteiger charge is 2.09. The third kappa shape index (κ3) is 3.57. The van der Waals surface area contributed by atoms with Crippen molar-refractivity contribution in [2.75, 3.05) is 12.5 Å². The van der Waals surface area contributed by atoms with Crippen LogP contribution in [-0.2, 0) is 0 Å². The number of hydrogen-bond donors (Lipinski definition) is 0. The molecule has 0 atom stereocenters. The van der Waals surface area contributed by atoms with Gasteiger partial charge in [-0.2, -0.15) is 0 Å². The van der Waals surface area contributed by atoms with E-state index in [1.54, 1.807) is 0 Å². The molecule has 0 aliphatic heterocycles. The summed E-state index contributed by atoms with van der Waals surface area (Å²) in [6.45, 7) is 6.91. The van der Waals surface area contributed by atoms with Crippen LogP contribution in [0.4, 0.5) is 0 Å². The first-order valence-corrected chi connectivity index (χ1v) is 6.46. The number of halogens is 2. The van der Waals surface area contributed by atoms with E-state index in [0.717, 1.165) is 28.3 Å². The standard InChI is InChI=1S/C13H18Cl2O/c1-9(2)11-8-13(16-6-4-5-14)10(3)7-12(11)15/h7-9H,4-6H2,1-3H3. The molecule has 0 fully saturated rings.